The largest absolute Gasteiger partial charge is 0.496 e. The molecule has 0 fully saturated rings. The molecule has 15 heavy (non-hydrogen) atoms. The molecule has 0 bridgehead atoms. The molecule has 2 rings (SSSR count). The smallest absolute Gasteiger partial charge is 0.109 e. The highest BCUT2D eigenvalue weighted by molar-refractivity contribution is 5.50. The van der Waals surface area contributed by atoms with Crippen molar-refractivity contribution in [1.29, 1.82) is 0 Å². The molecule has 0 amide bonds. The standard InChI is InChI=1S/C12H16N2O/c13-6-11(14)5-10-8-15-7-9-3-1-2-4-12(9)10/h1-4,7,11H,5-6,8,13-14H2. The van der Waals surface area contributed by atoms with Crippen LogP contribution >= 0.6 is 0 Å². The lowest BCUT2D eigenvalue weighted by Crippen LogP contribution is -2.36. The first-order valence-corrected chi connectivity index (χ1v) is 5.16. The molecule has 0 aromatic heterocycles. The Kier molecular flexibility index (Phi) is 3.04. The molecule has 1 aromatic rings. The number of hydrogen-bond acceptors (Lipinski definition) is 3. The van der Waals surface area contributed by atoms with Gasteiger partial charge in [-0.15, -0.1) is 0 Å². The Bertz CT molecular complexity index is 453. The maximum atomic E-state index is 5.85. The van der Waals surface area contributed by atoms with Crippen molar-refractivity contribution in [3.05, 3.63) is 34.7 Å². The normalized spacial score (nSPS) is 16.3. The Balaban J connectivity index is 2.43. The van der Waals surface area contributed by atoms with Gasteiger partial charge in [-0.2, -0.15) is 0 Å². The van der Waals surface area contributed by atoms with E-state index in [4.69, 9.17) is 16.2 Å². The summed E-state index contributed by atoms with van der Waals surface area (Å²) >= 11 is 0. The summed E-state index contributed by atoms with van der Waals surface area (Å²) in [4.78, 5) is 0. The van der Waals surface area contributed by atoms with Crippen LogP contribution in [0.5, 0.6) is 0 Å². The number of benzene rings is 1. The second-order valence-electron chi connectivity index (χ2n) is 3.82. The van der Waals surface area contributed by atoms with Crippen molar-refractivity contribution < 1.29 is 4.74 Å². The van der Waals surface area contributed by atoms with Crippen LogP contribution in [0.15, 0.2) is 24.3 Å². The van der Waals surface area contributed by atoms with Crippen LogP contribution in [0.1, 0.15) is 6.42 Å². The number of rotatable bonds is 3. The van der Waals surface area contributed by atoms with Gasteiger partial charge in [-0.05, 0) is 17.2 Å². The van der Waals surface area contributed by atoms with Crippen molar-refractivity contribution in [2.45, 2.75) is 12.5 Å². The van der Waals surface area contributed by atoms with Crippen molar-refractivity contribution >= 4 is 11.8 Å². The zero-order valence-electron chi connectivity index (χ0n) is 8.65. The van der Waals surface area contributed by atoms with E-state index in [-0.39, 0.29) is 6.04 Å². The molecule has 1 unspecified atom stereocenters. The van der Waals surface area contributed by atoms with Gasteiger partial charge < -0.3 is 16.2 Å². The Morgan fingerprint density at radius 3 is 2.93 bits per heavy atom. The molecular formula is C12H16N2O. The predicted molar refractivity (Wildman–Crippen MR) is 61.2 cm³/mol. The van der Waals surface area contributed by atoms with Crippen molar-refractivity contribution in [3.63, 3.8) is 0 Å². The van der Waals surface area contributed by atoms with Crippen molar-refractivity contribution in [2.75, 3.05) is 13.2 Å². The molecule has 1 aliphatic rings. The summed E-state index contributed by atoms with van der Waals surface area (Å²) in [6.45, 7) is 1.14. The second kappa shape index (κ2) is 4.47. The van der Waals surface area contributed by atoms with Crippen molar-refractivity contribution in [3.8, 4) is 0 Å². The van der Waals surface area contributed by atoms with E-state index < -0.39 is 0 Å². The summed E-state index contributed by atoms with van der Waals surface area (Å²) in [6.07, 6.45) is 2.61. The van der Waals surface area contributed by atoms with Gasteiger partial charge in [0.15, 0.2) is 0 Å². The van der Waals surface area contributed by atoms with Crippen molar-refractivity contribution in [2.24, 2.45) is 11.5 Å². The van der Waals surface area contributed by atoms with Crippen LogP contribution in [-0.2, 0) is 4.74 Å². The van der Waals surface area contributed by atoms with Gasteiger partial charge in [0, 0.05) is 17.8 Å². The first-order chi connectivity index (χ1) is 7.31. The monoisotopic (exact) mass is 204 g/mol. The van der Waals surface area contributed by atoms with Crippen LogP contribution in [0.3, 0.4) is 0 Å². The SMILES string of the molecule is NCC(N)CC1=c2ccccc2=COC1. The molecule has 0 radical (unpaired) electrons. The zero-order valence-corrected chi connectivity index (χ0v) is 8.65. The van der Waals surface area contributed by atoms with Crippen LogP contribution in [-0.4, -0.2) is 19.2 Å². The highest BCUT2D eigenvalue weighted by Gasteiger charge is 2.08. The Morgan fingerprint density at radius 1 is 1.33 bits per heavy atom. The first kappa shape index (κ1) is 10.2. The molecule has 0 saturated heterocycles. The van der Waals surface area contributed by atoms with Gasteiger partial charge in [-0.3, -0.25) is 0 Å². The molecular weight excluding hydrogens is 188 g/mol. The third-order valence-corrected chi connectivity index (χ3v) is 2.62. The van der Waals surface area contributed by atoms with E-state index in [2.05, 4.69) is 6.07 Å². The van der Waals surface area contributed by atoms with Gasteiger partial charge in [-0.25, -0.2) is 0 Å². The van der Waals surface area contributed by atoms with Crippen LogP contribution < -0.4 is 21.9 Å². The van der Waals surface area contributed by atoms with E-state index in [0.29, 0.717) is 13.2 Å². The molecule has 1 aromatic carbocycles. The maximum Gasteiger partial charge on any atom is 0.109 e. The van der Waals surface area contributed by atoms with E-state index in [1.165, 1.54) is 10.8 Å². The van der Waals surface area contributed by atoms with Crippen LogP contribution in [0.4, 0.5) is 0 Å². The van der Waals surface area contributed by atoms with E-state index in [0.717, 1.165) is 11.6 Å². The third kappa shape index (κ3) is 2.19. The quantitative estimate of drug-likeness (QED) is 0.683. The molecule has 1 atom stereocenters. The average molecular weight is 204 g/mol. The minimum Gasteiger partial charge on any atom is -0.496 e. The molecule has 0 aliphatic carbocycles. The fourth-order valence-corrected chi connectivity index (χ4v) is 1.80. The molecule has 0 saturated carbocycles. The number of nitrogens with two attached hydrogens (primary N) is 2. The second-order valence-corrected chi connectivity index (χ2v) is 3.82. The van der Waals surface area contributed by atoms with Crippen LogP contribution in [0, 0.1) is 0 Å². The Hall–Kier alpha value is -1.32. The summed E-state index contributed by atoms with van der Waals surface area (Å²) in [5.41, 5.74) is 12.6. The third-order valence-electron chi connectivity index (χ3n) is 2.62. The topological polar surface area (TPSA) is 61.3 Å². The molecule has 3 heteroatoms. The van der Waals surface area contributed by atoms with Gasteiger partial charge in [-0.1, -0.05) is 24.3 Å². The summed E-state index contributed by atoms with van der Waals surface area (Å²) in [5, 5.41) is 2.37. The lowest BCUT2D eigenvalue weighted by Gasteiger charge is -2.15. The number of fused-ring (bicyclic) bond motifs is 1. The van der Waals surface area contributed by atoms with Gasteiger partial charge in [0.2, 0.25) is 0 Å². The first-order valence-electron chi connectivity index (χ1n) is 5.16. The molecule has 1 heterocycles. The van der Waals surface area contributed by atoms with Gasteiger partial charge in [0.25, 0.3) is 0 Å². The zero-order chi connectivity index (χ0) is 10.7. The predicted octanol–water partition coefficient (Wildman–Crippen LogP) is -0.718. The molecule has 4 N–H and O–H groups in total. The minimum absolute atomic E-state index is 0.0229. The van der Waals surface area contributed by atoms with Gasteiger partial charge >= 0.3 is 0 Å². The highest BCUT2D eigenvalue weighted by Crippen LogP contribution is 2.05. The van der Waals surface area contributed by atoms with Crippen LogP contribution in [0.2, 0.25) is 0 Å². The number of ether oxygens (including phenoxy) is 1. The molecule has 80 valence electrons. The molecule has 1 aliphatic heterocycles. The highest BCUT2D eigenvalue weighted by atomic mass is 16.5. The average Bonchev–Trinajstić information content (AvgIpc) is 2.29. The van der Waals surface area contributed by atoms with Gasteiger partial charge in [0.1, 0.15) is 6.61 Å². The minimum atomic E-state index is 0.0229. The Labute approximate surface area is 89.0 Å². The lowest BCUT2D eigenvalue weighted by molar-refractivity contribution is 0.335. The summed E-state index contributed by atoms with van der Waals surface area (Å²) in [6, 6.07) is 8.21. The summed E-state index contributed by atoms with van der Waals surface area (Å²) in [7, 11) is 0. The molecule has 0 spiro atoms. The fraction of sp³-hybridized carbons (Fsp3) is 0.333. The summed E-state index contributed by atoms with van der Waals surface area (Å²) < 4.78 is 5.40. The Morgan fingerprint density at radius 2 is 2.13 bits per heavy atom. The molecule has 3 nitrogen and oxygen atoms in total. The summed E-state index contributed by atoms with van der Waals surface area (Å²) in [5.74, 6) is 0. The van der Waals surface area contributed by atoms with E-state index in [1.807, 2.05) is 18.2 Å². The number of hydrogen-bond donors (Lipinski definition) is 2. The maximum absolute atomic E-state index is 5.85. The fourth-order valence-electron chi connectivity index (χ4n) is 1.80. The van der Waals surface area contributed by atoms with E-state index in [1.54, 1.807) is 6.26 Å². The van der Waals surface area contributed by atoms with E-state index >= 15 is 0 Å². The van der Waals surface area contributed by atoms with Gasteiger partial charge in [0.05, 0.1) is 6.26 Å². The van der Waals surface area contributed by atoms with Crippen LogP contribution in [0.25, 0.3) is 11.8 Å². The van der Waals surface area contributed by atoms with Crippen molar-refractivity contribution in [1.82, 2.24) is 0 Å². The van der Waals surface area contributed by atoms with E-state index in [9.17, 15) is 0 Å². The lowest BCUT2D eigenvalue weighted by atomic mass is 10.0.